The summed E-state index contributed by atoms with van der Waals surface area (Å²) < 4.78 is 12.7. The lowest BCUT2D eigenvalue weighted by Crippen LogP contribution is -2.75. The van der Waals surface area contributed by atoms with Crippen LogP contribution in [-0.2, 0) is 10.3 Å². The molecule has 0 saturated carbocycles. The Morgan fingerprint density at radius 3 is 2.69 bits per heavy atom. The van der Waals surface area contributed by atoms with E-state index in [0.717, 1.165) is 6.07 Å². The number of carboxylic acid groups (broad SMARTS) is 1. The van der Waals surface area contributed by atoms with Crippen molar-refractivity contribution in [2.45, 2.75) is 12.5 Å². The van der Waals surface area contributed by atoms with Crippen LogP contribution < -0.4 is 10.8 Å². The number of carbonyl (C=O) groups excluding carboxylic acids is 1. The van der Waals surface area contributed by atoms with Crippen molar-refractivity contribution in [1.82, 2.24) is 0 Å². The maximum atomic E-state index is 12.7. The Morgan fingerprint density at radius 2 is 2.23 bits per heavy atom. The van der Waals surface area contributed by atoms with Gasteiger partial charge in [0.05, 0.1) is 0 Å². The predicted octanol–water partition coefficient (Wildman–Crippen LogP) is -0.967. The molecule has 0 unspecified atom stereocenters. The number of carboxylic acids is 1. The molecule has 0 aromatic heterocycles. The first-order valence-electron chi connectivity index (χ1n) is 3.77. The van der Waals surface area contributed by atoms with Gasteiger partial charge < -0.3 is 15.6 Å². The van der Waals surface area contributed by atoms with Crippen LogP contribution in [0.25, 0.3) is 0 Å². The predicted molar refractivity (Wildman–Crippen MR) is 41.6 cm³/mol. The van der Waals surface area contributed by atoms with Crippen LogP contribution >= 0.6 is 0 Å². The molecule has 1 rings (SSSR count). The number of hydrogen-bond acceptors (Lipinski definition) is 2. The molecule has 0 aliphatic rings. The summed E-state index contributed by atoms with van der Waals surface area (Å²) in [4.78, 5) is 10.6. The molecule has 13 heavy (non-hydrogen) atoms. The van der Waals surface area contributed by atoms with Gasteiger partial charge in [-0.05, 0) is 12.1 Å². The monoisotopic (exact) mass is 183 g/mol. The second kappa shape index (κ2) is 3.14. The van der Waals surface area contributed by atoms with E-state index in [1.54, 1.807) is 0 Å². The second-order valence-electron chi connectivity index (χ2n) is 3.13. The highest BCUT2D eigenvalue weighted by molar-refractivity contribution is 5.75. The second-order valence-corrected chi connectivity index (χ2v) is 3.13. The van der Waals surface area contributed by atoms with E-state index in [2.05, 4.69) is 5.73 Å². The molecule has 0 amide bonds. The third kappa shape index (κ3) is 1.84. The highest BCUT2D eigenvalue weighted by Crippen LogP contribution is 2.15. The molecule has 70 valence electrons. The molecule has 4 heteroatoms. The van der Waals surface area contributed by atoms with Gasteiger partial charge in [-0.1, -0.05) is 12.1 Å². The van der Waals surface area contributed by atoms with Gasteiger partial charge in [-0.15, -0.1) is 0 Å². The first kappa shape index (κ1) is 9.67. The number of aliphatic carboxylic acids is 1. The number of carbonyl (C=O) groups is 1. The highest BCUT2D eigenvalue weighted by atomic mass is 19.1. The van der Waals surface area contributed by atoms with Crippen LogP contribution in [0.4, 0.5) is 4.39 Å². The van der Waals surface area contributed by atoms with Gasteiger partial charge in [-0.2, -0.15) is 0 Å². The Bertz CT molecular complexity index is 336. The van der Waals surface area contributed by atoms with Gasteiger partial charge in [0.1, 0.15) is 11.8 Å². The summed E-state index contributed by atoms with van der Waals surface area (Å²) in [5.74, 6) is -1.80. The molecule has 0 aliphatic carbocycles. The van der Waals surface area contributed by atoms with Crippen molar-refractivity contribution in [3.8, 4) is 0 Å². The van der Waals surface area contributed by atoms with Gasteiger partial charge in [0, 0.05) is 12.5 Å². The molecule has 1 atom stereocenters. The van der Waals surface area contributed by atoms with Crippen LogP contribution in [0.5, 0.6) is 0 Å². The fourth-order valence-corrected chi connectivity index (χ4v) is 0.950. The first-order chi connectivity index (χ1) is 5.94. The van der Waals surface area contributed by atoms with Crippen molar-refractivity contribution in [3.05, 3.63) is 35.6 Å². The molecule has 1 aromatic carbocycles. The van der Waals surface area contributed by atoms with Gasteiger partial charge in [0.15, 0.2) is 5.54 Å². The number of benzene rings is 1. The zero-order valence-electron chi connectivity index (χ0n) is 7.21. The van der Waals surface area contributed by atoms with E-state index in [4.69, 9.17) is 0 Å². The van der Waals surface area contributed by atoms with E-state index in [1.165, 1.54) is 25.1 Å². The molecular formula is C9H10FNO2. The van der Waals surface area contributed by atoms with Gasteiger partial charge in [0.25, 0.3) is 0 Å². The van der Waals surface area contributed by atoms with E-state index in [1.807, 2.05) is 0 Å². The van der Waals surface area contributed by atoms with Crippen molar-refractivity contribution in [3.63, 3.8) is 0 Å². The molecule has 1 aromatic rings. The molecule has 0 saturated heterocycles. The normalized spacial score (nSPS) is 15.0. The molecule has 0 bridgehead atoms. The number of quaternary nitrogens is 1. The Morgan fingerprint density at radius 1 is 1.62 bits per heavy atom. The average Bonchev–Trinajstić information content (AvgIpc) is 2.04. The smallest absolute Gasteiger partial charge is 0.157 e. The molecular weight excluding hydrogens is 173 g/mol. The van der Waals surface area contributed by atoms with Crippen LogP contribution in [-0.4, -0.2) is 5.97 Å². The minimum atomic E-state index is -1.40. The Kier molecular flexibility index (Phi) is 2.34. The van der Waals surface area contributed by atoms with Gasteiger partial charge in [-0.3, -0.25) is 0 Å². The molecule has 0 aliphatic heterocycles. The van der Waals surface area contributed by atoms with Gasteiger partial charge in [0.2, 0.25) is 0 Å². The molecule has 3 N–H and O–H groups in total. The minimum absolute atomic E-state index is 0.299. The lowest BCUT2D eigenvalue weighted by atomic mass is 9.93. The summed E-state index contributed by atoms with van der Waals surface area (Å²) in [5.41, 5.74) is 2.35. The van der Waals surface area contributed by atoms with Gasteiger partial charge in [-0.25, -0.2) is 4.39 Å². The molecule has 0 fully saturated rings. The van der Waals surface area contributed by atoms with E-state index in [9.17, 15) is 14.3 Å². The lowest BCUT2D eigenvalue weighted by molar-refractivity contribution is -0.489. The van der Waals surface area contributed by atoms with E-state index >= 15 is 0 Å². The summed E-state index contributed by atoms with van der Waals surface area (Å²) in [7, 11) is 0. The Hall–Kier alpha value is -1.42. The topological polar surface area (TPSA) is 67.8 Å². The third-order valence-corrected chi connectivity index (χ3v) is 1.91. The highest BCUT2D eigenvalue weighted by Gasteiger charge is 2.27. The molecule has 0 radical (unpaired) electrons. The zero-order valence-corrected chi connectivity index (χ0v) is 7.21. The van der Waals surface area contributed by atoms with Crippen LogP contribution in [0.1, 0.15) is 12.5 Å². The Labute approximate surface area is 75.0 Å². The lowest BCUT2D eigenvalue weighted by Gasteiger charge is -2.22. The van der Waals surface area contributed by atoms with E-state index < -0.39 is 17.3 Å². The fourth-order valence-electron chi connectivity index (χ4n) is 0.950. The number of halogens is 1. The summed E-state index contributed by atoms with van der Waals surface area (Å²) in [6.45, 7) is 1.37. The maximum Gasteiger partial charge on any atom is 0.157 e. The van der Waals surface area contributed by atoms with Gasteiger partial charge >= 0.3 is 0 Å². The largest absolute Gasteiger partial charge is 0.543 e. The first-order valence-corrected chi connectivity index (χ1v) is 3.77. The van der Waals surface area contributed by atoms with Crippen LogP contribution in [0, 0.1) is 5.82 Å². The zero-order chi connectivity index (χ0) is 10.1. The average molecular weight is 183 g/mol. The number of rotatable bonds is 2. The molecule has 0 spiro atoms. The van der Waals surface area contributed by atoms with Crippen molar-refractivity contribution in [2.24, 2.45) is 0 Å². The molecule has 3 nitrogen and oxygen atoms in total. The maximum absolute atomic E-state index is 12.7. The van der Waals surface area contributed by atoms with Crippen LogP contribution in [0.3, 0.4) is 0 Å². The third-order valence-electron chi connectivity index (χ3n) is 1.91. The molecule has 0 heterocycles. The summed E-state index contributed by atoms with van der Waals surface area (Å²) in [5, 5.41) is 10.6. The summed E-state index contributed by atoms with van der Waals surface area (Å²) >= 11 is 0. The summed E-state index contributed by atoms with van der Waals surface area (Å²) in [6.07, 6.45) is 0. The minimum Gasteiger partial charge on any atom is -0.543 e. The Balaban J connectivity index is 3.14. The quantitative estimate of drug-likeness (QED) is 0.641. The van der Waals surface area contributed by atoms with E-state index in [-0.39, 0.29) is 0 Å². The van der Waals surface area contributed by atoms with E-state index in [0.29, 0.717) is 5.56 Å². The number of hydrogen-bond donors (Lipinski definition) is 1. The fraction of sp³-hybridized carbons (Fsp3) is 0.222. The van der Waals surface area contributed by atoms with Crippen LogP contribution in [0.2, 0.25) is 0 Å². The standard InChI is InChI=1S/C9H10FNO2/c1-9(11,8(12)13)6-3-2-4-7(10)5-6/h2-5H,11H2,1H3,(H,12,13)/t9-/m1/s1. The van der Waals surface area contributed by atoms with Crippen LogP contribution in [0.15, 0.2) is 24.3 Å². The van der Waals surface area contributed by atoms with Crippen molar-refractivity contribution < 1.29 is 20.0 Å². The summed E-state index contributed by atoms with van der Waals surface area (Å²) in [6, 6.07) is 5.33. The van der Waals surface area contributed by atoms with Crippen molar-refractivity contribution in [2.75, 3.05) is 0 Å². The SMILES string of the molecule is C[C@]([NH3+])(C(=O)[O-])c1cccc(F)c1. The van der Waals surface area contributed by atoms with Crippen molar-refractivity contribution in [1.29, 1.82) is 0 Å². The van der Waals surface area contributed by atoms with Crippen molar-refractivity contribution >= 4 is 5.97 Å².